The van der Waals surface area contributed by atoms with Crippen LogP contribution in [0.1, 0.15) is 72.1 Å². The molecular weight excluding hydrogens is 260 g/mol. The van der Waals surface area contributed by atoms with E-state index in [1.165, 1.54) is 51.4 Å². The third kappa shape index (κ3) is 1.27. The summed E-state index contributed by atoms with van der Waals surface area (Å²) in [6.07, 6.45) is 11.5. The van der Waals surface area contributed by atoms with Gasteiger partial charge in [0.25, 0.3) is 0 Å². The van der Waals surface area contributed by atoms with Crippen molar-refractivity contribution in [3.8, 4) is 0 Å². The molecule has 0 aromatic rings. The van der Waals surface area contributed by atoms with Crippen molar-refractivity contribution in [2.45, 2.75) is 95.5 Å². The Balaban J connectivity index is 1.67. The van der Waals surface area contributed by atoms with Crippen LogP contribution in [0.5, 0.6) is 0 Å². The van der Waals surface area contributed by atoms with Gasteiger partial charge in [-0.05, 0) is 37.5 Å². The Labute approximate surface area is 129 Å². The molecule has 2 heteroatoms. The van der Waals surface area contributed by atoms with Crippen molar-refractivity contribution in [1.29, 1.82) is 0 Å². The second-order valence-electron chi connectivity index (χ2n) is 9.08. The topological polar surface area (TPSA) is 18.5 Å². The summed E-state index contributed by atoms with van der Waals surface area (Å²) in [5.41, 5.74) is 0.604. The monoisotopic (exact) mass is 290 g/mol. The van der Waals surface area contributed by atoms with E-state index in [4.69, 9.17) is 9.47 Å². The van der Waals surface area contributed by atoms with Gasteiger partial charge in [0.2, 0.25) is 0 Å². The predicted molar refractivity (Wildman–Crippen MR) is 82.1 cm³/mol. The molecule has 5 fully saturated rings. The van der Waals surface area contributed by atoms with Crippen LogP contribution in [0.4, 0.5) is 0 Å². The lowest BCUT2D eigenvalue weighted by Crippen LogP contribution is -2.55. The van der Waals surface area contributed by atoms with Crippen LogP contribution in [-0.4, -0.2) is 23.4 Å². The van der Waals surface area contributed by atoms with E-state index < -0.39 is 0 Å². The predicted octanol–water partition coefficient (Wildman–Crippen LogP) is 4.32. The summed E-state index contributed by atoms with van der Waals surface area (Å²) < 4.78 is 13.8. The highest BCUT2D eigenvalue weighted by Gasteiger charge is 2.79. The maximum absolute atomic E-state index is 7.13. The highest BCUT2D eigenvalue weighted by Crippen LogP contribution is 2.74. The first kappa shape index (κ1) is 13.4. The number of ether oxygens (including phenoxy) is 2. The molecule has 0 amide bonds. The first-order valence-corrected chi connectivity index (χ1v) is 9.40. The molecule has 2 bridgehead atoms. The molecule has 3 saturated heterocycles. The summed E-state index contributed by atoms with van der Waals surface area (Å²) in [5, 5.41) is 0. The van der Waals surface area contributed by atoms with Crippen molar-refractivity contribution in [3.05, 3.63) is 0 Å². The molecule has 5 aliphatic rings. The number of hydrogen-bond donors (Lipinski definition) is 0. The van der Waals surface area contributed by atoms with Crippen molar-refractivity contribution >= 4 is 0 Å². The fourth-order valence-electron chi connectivity index (χ4n) is 7.50. The quantitative estimate of drug-likeness (QED) is 0.661. The number of rotatable bonds is 0. The molecule has 0 aromatic carbocycles. The zero-order valence-corrected chi connectivity index (χ0v) is 13.9. The standard InChI is InChI=1S/C19H30O2/c1-12-13(2)16-17(3)15(14(12)20-16)18(8-4-5-9-18)21-19(17)10-6-7-11-19/h12-16H,4-11H2,1-3H3. The van der Waals surface area contributed by atoms with E-state index in [-0.39, 0.29) is 16.6 Å². The second kappa shape index (κ2) is 3.87. The highest BCUT2D eigenvalue weighted by atomic mass is 16.6. The minimum Gasteiger partial charge on any atom is -0.373 e. The molecule has 3 aliphatic heterocycles. The normalized spacial score (nSPS) is 55.9. The average molecular weight is 290 g/mol. The van der Waals surface area contributed by atoms with Crippen molar-refractivity contribution in [1.82, 2.24) is 0 Å². The van der Waals surface area contributed by atoms with E-state index in [2.05, 4.69) is 20.8 Å². The average Bonchev–Trinajstić information content (AvgIpc) is 3.21. The van der Waals surface area contributed by atoms with Gasteiger partial charge < -0.3 is 9.47 Å². The van der Waals surface area contributed by atoms with Crippen LogP contribution in [0.3, 0.4) is 0 Å². The third-order valence-corrected chi connectivity index (χ3v) is 8.50. The van der Waals surface area contributed by atoms with Gasteiger partial charge in [-0.25, -0.2) is 0 Å². The van der Waals surface area contributed by atoms with E-state index >= 15 is 0 Å². The molecule has 5 rings (SSSR count). The van der Waals surface area contributed by atoms with Gasteiger partial charge in [-0.1, -0.05) is 46.5 Å². The fourth-order valence-corrected chi connectivity index (χ4v) is 7.50. The molecule has 0 aromatic heterocycles. The number of fused-ring (bicyclic) bond motifs is 7. The van der Waals surface area contributed by atoms with E-state index in [0.29, 0.717) is 30.0 Å². The molecule has 2 saturated carbocycles. The molecule has 2 nitrogen and oxygen atoms in total. The summed E-state index contributed by atoms with van der Waals surface area (Å²) in [4.78, 5) is 0. The molecule has 2 aliphatic carbocycles. The first-order chi connectivity index (χ1) is 10.0. The Kier molecular flexibility index (Phi) is 2.46. The van der Waals surface area contributed by atoms with Gasteiger partial charge in [-0.2, -0.15) is 0 Å². The summed E-state index contributed by atoms with van der Waals surface area (Å²) in [5.74, 6) is 2.08. The Morgan fingerprint density at radius 2 is 1.48 bits per heavy atom. The van der Waals surface area contributed by atoms with Crippen LogP contribution in [0, 0.1) is 23.2 Å². The van der Waals surface area contributed by atoms with Gasteiger partial charge in [-0.15, -0.1) is 0 Å². The molecule has 6 unspecified atom stereocenters. The fraction of sp³-hybridized carbons (Fsp3) is 1.00. The van der Waals surface area contributed by atoms with Crippen LogP contribution in [0.25, 0.3) is 0 Å². The van der Waals surface area contributed by atoms with Crippen molar-refractivity contribution in [2.24, 2.45) is 23.2 Å². The summed E-state index contributed by atoms with van der Waals surface area (Å²) in [6.45, 7) is 7.42. The SMILES string of the molecule is CC1C(C)C2OC1C1C3(CCCC3)OC3(CCCC3)C21C. The maximum atomic E-state index is 7.13. The van der Waals surface area contributed by atoms with E-state index in [0.717, 1.165) is 0 Å². The summed E-state index contributed by atoms with van der Waals surface area (Å²) in [6, 6.07) is 0. The van der Waals surface area contributed by atoms with Crippen molar-refractivity contribution in [2.75, 3.05) is 0 Å². The van der Waals surface area contributed by atoms with Gasteiger partial charge in [-0.3, -0.25) is 0 Å². The van der Waals surface area contributed by atoms with E-state index in [9.17, 15) is 0 Å². The molecule has 118 valence electrons. The Morgan fingerprint density at radius 3 is 2.14 bits per heavy atom. The molecule has 0 N–H and O–H groups in total. The lowest BCUT2D eigenvalue weighted by atomic mass is 9.52. The minimum absolute atomic E-state index is 0.149. The van der Waals surface area contributed by atoms with Gasteiger partial charge >= 0.3 is 0 Å². The van der Waals surface area contributed by atoms with E-state index in [1.54, 1.807) is 0 Å². The van der Waals surface area contributed by atoms with Crippen LogP contribution in [0.2, 0.25) is 0 Å². The van der Waals surface area contributed by atoms with Crippen molar-refractivity contribution < 1.29 is 9.47 Å². The Morgan fingerprint density at radius 1 is 0.857 bits per heavy atom. The maximum Gasteiger partial charge on any atom is 0.0773 e. The summed E-state index contributed by atoms with van der Waals surface area (Å²) in [7, 11) is 0. The lowest BCUT2D eigenvalue weighted by molar-refractivity contribution is -0.155. The number of hydrogen-bond acceptors (Lipinski definition) is 2. The second-order valence-corrected chi connectivity index (χ2v) is 9.08. The molecule has 2 spiro atoms. The molecule has 21 heavy (non-hydrogen) atoms. The van der Waals surface area contributed by atoms with E-state index in [1.807, 2.05) is 0 Å². The summed E-state index contributed by atoms with van der Waals surface area (Å²) >= 11 is 0. The zero-order chi connectivity index (χ0) is 14.5. The molecular formula is C19H30O2. The Hall–Kier alpha value is -0.0800. The van der Waals surface area contributed by atoms with Crippen LogP contribution < -0.4 is 0 Å². The highest BCUT2D eigenvalue weighted by molar-refractivity contribution is 5.27. The van der Waals surface area contributed by atoms with Gasteiger partial charge in [0.05, 0.1) is 23.4 Å². The zero-order valence-electron chi connectivity index (χ0n) is 13.9. The first-order valence-electron chi connectivity index (χ1n) is 9.40. The minimum atomic E-state index is 0.149. The lowest BCUT2D eigenvalue weighted by Gasteiger charge is -2.47. The molecule has 0 radical (unpaired) electrons. The molecule has 6 atom stereocenters. The van der Waals surface area contributed by atoms with Crippen LogP contribution in [0.15, 0.2) is 0 Å². The third-order valence-electron chi connectivity index (χ3n) is 8.50. The van der Waals surface area contributed by atoms with Crippen LogP contribution in [-0.2, 0) is 9.47 Å². The largest absolute Gasteiger partial charge is 0.373 e. The van der Waals surface area contributed by atoms with Gasteiger partial charge in [0, 0.05) is 11.3 Å². The smallest absolute Gasteiger partial charge is 0.0773 e. The molecule has 3 heterocycles. The van der Waals surface area contributed by atoms with Gasteiger partial charge in [0.15, 0.2) is 0 Å². The van der Waals surface area contributed by atoms with Gasteiger partial charge in [0.1, 0.15) is 0 Å². The van der Waals surface area contributed by atoms with Crippen LogP contribution >= 0.6 is 0 Å². The van der Waals surface area contributed by atoms with Crippen molar-refractivity contribution in [3.63, 3.8) is 0 Å². The Bertz CT molecular complexity index is 460.